The number of benzene rings is 1. The lowest BCUT2D eigenvalue weighted by atomic mass is 10.1. The average molecular weight is 299 g/mol. The van der Waals surface area contributed by atoms with E-state index in [2.05, 4.69) is 32.1 Å². The Morgan fingerprint density at radius 3 is 2.67 bits per heavy atom. The van der Waals surface area contributed by atoms with Gasteiger partial charge < -0.3 is 0 Å². The van der Waals surface area contributed by atoms with Crippen molar-refractivity contribution in [2.45, 2.75) is 0 Å². The summed E-state index contributed by atoms with van der Waals surface area (Å²) >= 11 is 3.36. The molecule has 3 aromatic rings. The molecular formula is C13H7BrN4. The van der Waals surface area contributed by atoms with Crippen LogP contribution in [0.2, 0.25) is 0 Å². The highest BCUT2D eigenvalue weighted by Crippen LogP contribution is 2.24. The Labute approximate surface area is 112 Å². The third-order valence-corrected chi connectivity index (χ3v) is 3.06. The lowest BCUT2D eigenvalue weighted by Crippen LogP contribution is -1.89. The fourth-order valence-corrected chi connectivity index (χ4v) is 2.08. The topological polar surface area (TPSA) is 54.0 Å². The summed E-state index contributed by atoms with van der Waals surface area (Å²) in [6.45, 7) is 0. The molecule has 5 heteroatoms. The van der Waals surface area contributed by atoms with Crippen LogP contribution in [0.5, 0.6) is 0 Å². The summed E-state index contributed by atoms with van der Waals surface area (Å²) in [4.78, 5) is 4.35. The third kappa shape index (κ3) is 1.77. The van der Waals surface area contributed by atoms with E-state index in [4.69, 9.17) is 5.26 Å². The van der Waals surface area contributed by atoms with Gasteiger partial charge in [-0.25, -0.2) is 9.50 Å². The highest BCUT2D eigenvalue weighted by Gasteiger charge is 2.07. The normalized spacial score (nSPS) is 10.4. The van der Waals surface area contributed by atoms with Crippen molar-refractivity contribution in [3.8, 4) is 17.2 Å². The van der Waals surface area contributed by atoms with Gasteiger partial charge in [-0.1, -0.05) is 12.1 Å². The van der Waals surface area contributed by atoms with Crippen molar-refractivity contribution in [1.29, 1.82) is 5.26 Å². The molecule has 0 bridgehead atoms. The molecule has 18 heavy (non-hydrogen) atoms. The van der Waals surface area contributed by atoms with Gasteiger partial charge in [-0.3, -0.25) is 0 Å². The second kappa shape index (κ2) is 4.24. The number of nitrogens with zero attached hydrogens (tertiary/aromatic N) is 4. The van der Waals surface area contributed by atoms with Gasteiger partial charge in [0.05, 0.1) is 22.3 Å². The Bertz CT molecular complexity index is 753. The summed E-state index contributed by atoms with van der Waals surface area (Å²) in [5.74, 6) is 0. The summed E-state index contributed by atoms with van der Waals surface area (Å²) in [5, 5.41) is 13.0. The van der Waals surface area contributed by atoms with E-state index in [1.807, 2.05) is 18.3 Å². The van der Waals surface area contributed by atoms with Crippen molar-refractivity contribution in [1.82, 2.24) is 14.6 Å². The van der Waals surface area contributed by atoms with Crippen molar-refractivity contribution < 1.29 is 0 Å². The SMILES string of the molecule is N#Cc1ccc(-c2cnn3cc(Br)cnc23)cc1. The van der Waals surface area contributed by atoms with Crippen LogP contribution in [0, 0.1) is 11.3 Å². The highest BCUT2D eigenvalue weighted by molar-refractivity contribution is 9.10. The molecule has 0 unspecified atom stereocenters. The van der Waals surface area contributed by atoms with Gasteiger partial charge in [-0.05, 0) is 33.6 Å². The summed E-state index contributed by atoms with van der Waals surface area (Å²) < 4.78 is 2.60. The van der Waals surface area contributed by atoms with Gasteiger partial charge in [-0.15, -0.1) is 0 Å². The fraction of sp³-hybridized carbons (Fsp3) is 0. The minimum absolute atomic E-state index is 0.644. The van der Waals surface area contributed by atoms with Crippen LogP contribution in [0.15, 0.2) is 47.3 Å². The second-order valence-corrected chi connectivity index (χ2v) is 4.70. The first-order valence-electron chi connectivity index (χ1n) is 5.27. The van der Waals surface area contributed by atoms with Gasteiger partial charge in [0.2, 0.25) is 0 Å². The number of hydrogen-bond acceptors (Lipinski definition) is 3. The van der Waals surface area contributed by atoms with Crippen molar-refractivity contribution in [2.24, 2.45) is 0 Å². The molecule has 0 saturated carbocycles. The van der Waals surface area contributed by atoms with Crippen LogP contribution >= 0.6 is 15.9 Å². The van der Waals surface area contributed by atoms with E-state index in [0.717, 1.165) is 21.2 Å². The molecule has 0 spiro atoms. The minimum atomic E-state index is 0.644. The van der Waals surface area contributed by atoms with E-state index in [1.54, 1.807) is 29.0 Å². The Balaban J connectivity index is 2.16. The van der Waals surface area contributed by atoms with Crippen LogP contribution in [0.25, 0.3) is 16.8 Å². The van der Waals surface area contributed by atoms with Gasteiger partial charge in [-0.2, -0.15) is 10.4 Å². The van der Waals surface area contributed by atoms with Crippen LogP contribution in [-0.4, -0.2) is 14.6 Å². The number of aromatic nitrogens is 3. The molecule has 0 radical (unpaired) electrons. The van der Waals surface area contributed by atoms with Crippen LogP contribution in [0.4, 0.5) is 0 Å². The maximum absolute atomic E-state index is 8.78. The molecule has 3 rings (SSSR count). The predicted molar refractivity (Wildman–Crippen MR) is 70.8 cm³/mol. The van der Waals surface area contributed by atoms with E-state index in [1.165, 1.54) is 0 Å². The molecular weight excluding hydrogens is 292 g/mol. The summed E-state index contributed by atoms with van der Waals surface area (Å²) in [6, 6.07) is 9.48. The molecule has 0 fully saturated rings. The first kappa shape index (κ1) is 10.9. The predicted octanol–water partition coefficient (Wildman–Crippen LogP) is 3.03. The van der Waals surface area contributed by atoms with E-state index in [-0.39, 0.29) is 0 Å². The van der Waals surface area contributed by atoms with Crippen molar-refractivity contribution in [2.75, 3.05) is 0 Å². The van der Waals surface area contributed by atoms with Gasteiger partial charge in [0.15, 0.2) is 5.65 Å². The quantitative estimate of drug-likeness (QED) is 0.694. The number of rotatable bonds is 1. The van der Waals surface area contributed by atoms with E-state index < -0.39 is 0 Å². The van der Waals surface area contributed by atoms with Gasteiger partial charge in [0, 0.05) is 18.0 Å². The molecule has 4 nitrogen and oxygen atoms in total. The lowest BCUT2D eigenvalue weighted by Gasteiger charge is -1.99. The van der Waals surface area contributed by atoms with Crippen LogP contribution in [-0.2, 0) is 0 Å². The second-order valence-electron chi connectivity index (χ2n) is 3.79. The Morgan fingerprint density at radius 2 is 1.94 bits per heavy atom. The maximum atomic E-state index is 8.78. The zero-order valence-corrected chi connectivity index (χ0v) is 10.8. The largest absolute Gasteiger partial charge is 0.235 e. The maximum Gasteiger partial charge on any atom is 0.162 e. The zero-order chi connectivity index (χ0) is 12.5. The molecule has 1 aromatic carbocycles. The van der Waals surface area contributed by atoms with Gasteiger partial charge >= 0.3 is 0 Å². The minimum Gasteiger partial charge on any atom is -0.235 e. The van der Waals surface area contributed by atoms with Gasteiger partial charge in [0.1, 0.15) is 0 Å². The molecule has 0 N–H and O–H groups in total. The number of nitriles is 1. The van der Waals surface area contributed by atoms with E-state index >= 15 is 0 Å². The van der Waals surface area contributed by atoms with Crippen molar-refractivity contribution in [3.05, 3.63) is 52.9 Å². The van der Waals surface area contributed by atoms with Crippen LogP contribution < -0.4 is 0 Å². The molecule has 0 aliphatic rings. The average Bonchev–Trinajstić information content (AvgIpc) is 2.81. The standard InChI is InChI=1S/C13H7BrN4/c14-11-6-16-13-12(7-17-18(13)8-11)10-3-1-9(5-15)2-4-10/h1-4,6-8H. The smallest absolute Gasteiger partial charge is 0.162 e. The summed E-state index contributed by atoms with van der Waals surface area (Å²) in [5.41, 5.74) is 3.39. The number of halogens is 1. The summed E-state index contributed by atoms with van der Waals surface area (Å²) in [7, 11) is 0. The molecule has 0 amide bonds. The Morgan fingerprint density at radius 1 is 1.17 bits per heavy atom. The molecule has 2 heterocycles. The third-order valence-electron chi connectivity index (χ3n) is 2.65. The molecule has 86 valence electrons. The van der Waals surface area contributed by atoms with Crippen LogP contribution in [0.1, 0.15) is 5.56 Å². The Hall–Kier alpha value is -2.19. The first-order valence-corrected chi connectivity index (χ1v) is 6.06. The molecule has 0 atom stereocenters. The van der Waals surface area contributed by atoms with E-state index in [0.29, 0.717) is 5.56 Å². The van der Waals surface area contributed by atoms with Crippen molar-refractivity contribution in [3.63, 3.8) is 0 Å². The molecule has 0 saturated heterocycles. The number of hydrogen-bond donors (Lipinski definition) is 0. The van der Waals surface area contributed by atoms with Crippen LogP contribution in [0.3, 0.4) is 0 Å². The molecule has 2 aromatic heterocycles. The fourth-order valence-electron chi connectivity index (χ4n) is 1.78. The van der Waals surface area contributed by atoms with Crippen molar-refractivity contribution >= 4 is 21.6 Å². The molecule has 0 aliphatic heterocycles. The number of fused-ring (bicyclic) bond motifs is 1. The highest BCUT2D eigenvalue weighted by atomic mass is 79.9. The summed E-state index contributed by atoms with van der Waals surface area (Å²) in [6.07, 6.45) is 5.37. The monoisotopic (exact) mass is 298 g/mol. The zero-order valence-electron chi connectivity index (χ0n) is 9.21. The first-order chi connectivity index (χ1) is 8.78. The Kier molecular flexibility index (Phi) is 2.58. The molecule has 0 aliphatic carbocycles. The van der Waals surface area contributed by atoms with E-state index in [9.17, 15) is 0 Å². The van der Waals surface area contributed by atoms with Gasteiger partial charge in [0.25, 0.3) is 0 Å². The lowest BCUT2D eigenvalue weighted by molar-refractivity contribution is 0.933.